The van der Waals surface area contributed by atoms with Crippen molar-refractivity contribution in [3.63, 3.8) is 0 Å². The van der Waals surface area contributed by atoms with Crippen LogP contribution in [0.4, 0.5) is 0 Å². The first-order valence-electron chi connectivity index (χ1n) is 6.55. The number of ether oxygens (including phenoxy) is 1. The van der Waals surface area contributed by atoms with E-state index in [1.54, 1.807) is 0 Å². The number of hydrogen-bond acceptors (Lipinski definition) is 2. The Balaban J connectivity index is 2.26. The van der Waals surface area contributed by atoms with E-state index in [9.17, 15) is 4.79 Å². The summed E-state index contributed by atoms with van der Waals surface area (Å²) in [5.41, 5.74) is 2.13. The number of carbonyl (C=O) groups excluding carboxylic acids is 1. The van der Waals surface area contributed by atoms with Crippen LogP contribution in [0.2, 0.25) is 0 Å². The van der Waals surface area contributed by atoms with Crippen LogP contribution in [0.1, 0.15) is 16.2 Å². The van der Waals surface area contributed by atoms with Crippen LogP contribution in [0.5, 0.6) is 0 Å². The van der Waals surface area contributed by atoms with Gasteiger partial charge in [-0.1, -0.05) is 0 Å². The van der Waals surface area contributed by atoms with E-state index in [0.717, 1.165) is 15.6 Å². The number of fused-ring (bicyclic) bond motifs is 1. The first-order valence-corrected chi connectivity index (χ1v) is 8.26. The first kappa shape index (κ1) is 13.2. The zero-order chi connectivity index (χ0) is 13.9. The van der Waals surface area contributed by atoms with Gasteiger partial charge in [-0.15, -0.1) is 0 Å². The van der Waals surface area contributed by atoms with Crippen molar-refractivity contribution in [3.05, 3.63) is 59.0 Å². The van der Waals surface area contributed by atoms with E-state index in [0.29, 0.717) is 6.61 Å². The Hall–Kier alpha value is -1.83. The second-order valence-electron chi connectivity index (χ2n) is 4.39. The Labute approximate surface area is 123 Å². The third kappa shape index (κ3) is 2.31. The van der Waals surface area contributed by atoms with Crippen LogP contribution in [0.3, 0.4) is 0 Å². The van der Waals surface area contributed by atoms with Crippen molar-refractivity contribution in [2.75, 3.05) is 6.61 Å². The second-order valence-corrected chi connectivity index (χ2v) is 6.60. The molecule has 0 aliphatic heterocycles. The molecule has 100 valence electrons. The molecular weight excluding hydrogens is 315 g/mol. The third-order valence-corrected chi connectivity index (χ3v) is 5.53. The topological polar surface area (TPSA) is 26.3 Å². The monoisotopic (exact) mass is 330 g/mol. The number of rotatable bonds is 3. The van der Waals surface area contributed by atoms with E-state index >= 15 is 0 Å². The molecule has 2 nitrogen and oxygen atoms in total. The van der Waals surface area contributed by atoms with Gasteiger partial charge in [0.2, 0.25) is 0 Å². The van der Waals surface area contributed by atoms with Crippen LogP contribution in [0, 0.1) is 0 Å². The molecule has 0 aliphatic rings. The normalized spacial score (nSPS) is 10.7. The predicted octanol–water partition coefficient (Wildman–Crippen LogP) is 3.74. The zero-order valence-electron chi connectivity index (χ0n) is 11.1. The van der Waals surface area contributed by atoms with Crippen LogP contribution >= 0.6 is 0 Å². The van der Waals surface area contributed by atoms with Crippen molar-refractivity contribution in [2.24, 2.45) is 0 Å². The zero-order valence-corrected chi connectivity index (χ0v) is 12.8. The molecular formula is C17H14O2Se. The fraction of sp³-hybridized carbons (Fsp3) is 0.118. The number of esters is 1. The van der Waals surface area contributed by atoms with Gasteiger partial charge in [-0.05, 0) is 0 Å². The van der Waals surface area contributed by atoms with E-state index in [1.807, 2.05) is 49.4 Å². The summed E-state index contributed by atoms with van der Waals surface area (Å²) < 4.78 is 7.31. The summed E-state index contributed by atoms with van der Waals surface area (Å²) in [7, 11) is 0. The Bertz CT molecular complexity index is 744. The molecule has 3 heteroatoms. The molecule has 0 saturated heterocycles. The molecule has 0 amide bonds. The summed E-state index contributed by atoms with van der Waals surface area (Å²) in [6.07, 6.45) is 0. The maximum absolute atomic E-state index is 12.2. The molecule has 0 aliphatic carbocycles. The van der Waals surface area contributed by atoms with E-state index in [4.69, 9.17) is 4.74 Å². The van der Waals surface area contributed by atoms with Gasteiger partial charge in [0.15, 0.2) is 0 Å². The van der Waals surface area contributed by atoms with Crippen molar-refractivity contribution < 1.29 is 9.53 Å². The van der Waals surface area contributed by atoms with Crippen molar-refractivity contribution in [3.8, 4) is 11.1 Å². The maximum atomic E-state index is 12.2. The van der Waals surface area contributed by atoms with Crippen LogP contribution in [-0.4, -0.2) is 27.1 Å². The van der Waals surface area contributed by atoms with Crippen LogP contribution in [0.25, 0.3) is 20.8 Å². The van der Waals surface area contributed by atoms with Gasteiger partial charge in [-0.3, -0.25) is 0 Å². The number of benzene rings is 2. The Morgan fingerprint density at radius 1 is 1.05 bits per heavy atom. The van der Waals surface area contributed by atoms with Gasteiger partial charge >= 0.3 is 123 Å². The molecule has 0 radical (unpaired) electrons. The second kappa shape index (κ2) is 5.66. The third-order valence-electron chi connectivity index (χ3n) is 3.12. The molecule has 20 heavy (non-hydrogen) atoms. The average molecular weight is 329 g/mol. The summed E-state index contributed by atoms with van der Waals surface area (Å²) >= 11 is 0.0218. The van der Waals surface area contributed by atoms with Crippen LogP contribution in [0.15, 0.2) is 54.6 Å². The fourth-order valence-corrected chi connectivity index (χ4v) is 4.62. The summed E-state index contributed by atoms with van der Waals surface area (Å²) in [5.74, 6) is -0.178. The molecule has 2 aromatic carbocycles. The van der Waals surface area contributed by atoms with Gasteiger partial charge < -0.3 is 0 Å². The SMILES string of the molecule is CCOC(=O)c1[se]c2ccccc2c1-c1ccccc1. The molecule has 0 unspecified atom stereocenters. The summed E-state index contributed by atoms with van der Waals surface area (Å²) in [5, 5.41) is 1.17. The van der Waals surface area contributed by atoms with Crippen molar-refractivity contribution in [1.82, 2.24) is 0 Å². The molecule has 1 aromatic heterocycles. The first-order chi connectivity index (χ1) is 9.81. The molecule has 0 spiro atoms. The predicted molar refractivity (Wildman–Crippen MR) is 82.3 cm³/mol. The number of carbonyl (C=O) groups is 1. The molecule has 0 bridgehead atoms. The van der Waals surface area contributed by atoms with E-state index in [-0.39, 0.29) is 20.5 Å². The standard InChI is InChI=1S/C17H14O2Se/c1-2-19-17(18)16-15(12-8-4-3-5-9-12)13-10-6-7-11-14(13)20-16/h3-11H,2H2,1H3. The average Bonchev–Trinajstić information content (AvgIpc) is 2.88. The van der Waals surface area contributed by atoms with Crippen molar-refractivity contribution >= 4 is 30.1 Å². The van der Waals surface area contributed by atoms with Crippen LogP contribution in [-0.2, 0) is 4.74 Å². The van der Waals surface area contributed by atoms with Crippen molar-refractivity contribution in [2.45, 2.75) is 6.92 Å². The van der Waals surface area contributed by atoms with Gasteiger partial charge in [0.25, 0.3) is 0 Å². The Morgan fingerprint density at radius 2 is 1.75 bits per heavy atom. The van der Waals surface area contributed by atoms with Gasteiger partial charge in [0.1, 0.15) is 0 Å². The summed E-state index contributed by atoms with van der Waals surface area (Å²) in [6, 6.07) is 18.3. The van der Waals surface area contributed by atoms with Crippen molar-refractivity contribution in [1.29, 1.82) is 0 Å². The van der Waals surface area contributed by atoms with E-state index in [1.165, 1.54) is 9.65 Å². The molecule has 0 N–H and O–H groups in total. The summed E-state index contributed by atoms with van der Waals surface area (Å²) in [6.45, 7) is 2.26. The fourth-order valence-electron chi connectivity index (χ4n) is 2.28. The van der Waals surface area contributed by atoms with Gasteiger partial charge in [-0.25, -0.2) is 0 Å². The quantitative estimate of drug-likeness (QED) is 0.540. The molecule has 3 aromatic rings. The minimum absolute atomic E-state index is 0.0218. The molecule has 0 atom stereocenters. The molecule has 1 heterocycles. The van der Waals surface area contributed by atoms with Gasteiger partial charge in [0.05, 0.1) is 0 Å². The molecule has 3 rings (SSSR count). The van der Waals surface area contributed by atoms with E-state index in [2.05, 4.69) is 12.1 Å². The van der Waals surface area contributed by atoms with E-state index < -0.39 is 0 Å². The Kier molecular flexibility index (Phi) is 3.72. The minimum atomic E-state index is -0.178. The van der Waals surface area contributed by atoms with Gasteiger partial charge in [0, 0.05) is 0 Å². The van der Waals surface area contributed by atoms with Gasteiger partial charge in [-0.2, -0.15) is 0 Å². The summed E-state index contributed by atoms with van der Waals surface area (Å²) in [4.78, 5) is 12.2. The number of hydrogen-bond donors (Lipinski definition) is 0. The Morgan fingerprint density at radius 3 is 2.50 bits per heavy atom. The molecule has 0 saturated carbocycles. The molecule has 0 fully saturated rings. The van der Waals surface area contributed by atoms with Crippen LogP contribution < -0.4 is 0 Å².